The van der Waals surface area contributed by atoms with Gasteiger partial charge in [-0.1, -0.05) is 19.4 Å². The first-order chi connectivity index (χ1) is 15.5. The highest BCUT2D eigenvalue weighted by atomic mass is 16.5. The molecule has 1 fully saturated rings. The molecule has 2 aromatic rings. The van der Waals surface area contributed by atoms with Gasteiger partial charge in [-0.3, -0.25) is 9.59 Å². The van der Waals surface area contributed by atoms with Gasteiger partial charge in [-0.25, -0.2) is 0 Å². The van der Waals surface area contributed by atoms with E-state index in [4.69, 9.17) is 14.2 Å². The SMILES string of the molecule is CCCCNC(=O)[C@H]1CN(C(=O)c2cccc(OC)c2)C[C@@H]1c1cc(OC)ccc1OC. The van der Waals surface area contributed by atoms with E-state index in [2.05, 4.69) is 12.2 Å². The number of hydrogen-bond acceptors (Lipinski definition) is 5. The van der Waals surface area contributed by atoms with E-state index in [9.17, 15) is 9.59 Å². The quantitative estimate of drug-likeness (QED) is 0.604. The molecule has 0 aliphatic carbocycles. The number of nitrogens with zero attached hydrogens (tertiary/aromatic N) is 1. The molecular formula is C25H32N2O5. The van der Waals surface area contributed by atoms with Gasteiger partial charge in [0.2, 0.25) is 5.91 Å². The lowest BCUT2D eigenvalue weighted by Crippen LogP contribution is -2.36. The van der Waals surface area contributed by atoms with Crippen LogP contribution < -0.4 is 19.5 Å². The van der Waals surface area contributed by atoms with E-state index >= 15 is 0 Å². The average molecular weight is 441 g/mol. The molecule has 32 heavy (non-hydrogen) atoms. The van der Waals surface area contributed by atoms with Crippen molar-refractivity contribution >= 4 is 11.8 Å². The molecule has 2 atom stereocenters. The number of ether oxygens (including phenoxy) is 3. The summed E-state index contributed by atoms with van der Waals surface area (Å²) in [4.78, 5) is 28.1. The minimum atomic E-state index is -0.387. The van der Waals surface area contributed by atoms with E-state index in [1.165, 1.54) is 0 Å². The molecular weight excluding hydrogens is 408 g/mol. The van der Waals surface area contributed by atoms with E-state index in [0.29, 0.717) is 42.4 Å². The summed E-state index contributed by atoms with van der Waals surface area (Å²) in [5.74, 6) is 1.21. The second-order valence-electron chi connectivity index (χ2n) is 7.91. The smallest absolute Gasteiger partial charge is 0.254 e. The standard InChI is InChI=1S/C25H32N2O5/c1-5-6-12-26-24(28)22-16-27(25(29)17-8-7-9-18(13-17)30-2)15-21(22)20-14-19(31-3)10-11-23(20)32-4/h7-11,13-14,21-22H,5-6,12,15-16H2,1-4H3,(H,26,28)/t21-,22+/m1/s1. The van der Waals surface area contributed by atoms with Crippen LogP contribution in [-0.2, 0) is 4.79 Å². The van der Waals surface area contributed by atoms with Gasteiger partial charge in [-0.15, -0.1) is 0 Å². The fraction of sp³-hybridized carbons (Fsp3) is 0.440. The van der Waals surface area contributed by atoms with E-state index in [1.807, 2.05) is 18.2 Å². The van der Waals surface area contributed by atoms with Crippen molar-refractivity contribution in [3.8, 4) is 17.2 Å². The maximum atomic E-state index is 13.3. The van der Waals surface area contributed by atoms with Gasteiger partial charge in [-0.05, 0) is 42.8 Å². The molecule has 3 rings (SSSR count). The Balaban J connectivity index is 1.92. The first-order valence-corrected chi connectivity index (χ1v) is 10.9. The number of carbonyl (C=O) groups excluding carboxylic acids is 2. The van der Waals surface area contributed by atoms with Gasteiger partial charge in [0.25, 0.3) is 5.91 Å². The third kappa shape index (κ3) is 5.15. The molecule has 172 valence electrons. The number of rotatable bonds is 9. The van der Waals surface area contributed by atoms with Gasteiger partial charge in [0, 0.05) is 36.7 Å². The molecule has 7 heteroatoms. The fourth-order valence-electron chi connectivity index (χ4n) is 4.14. The second-order valence-corrected chi connectivity index (χ2v) is 7.91. The van der Waals surface area contributed by atoms with E-state index in [-0.39, 0.29) is 23.7 Å². The van der Waals surface area contributed by atoms with Crippen molar-refractivity contribution in [1.82, 2.24) is 10.2 Å². The highest BCUT2D eigenvalue weighted by Crippen LogP contribution is 2.40. The van der Waals surface area contributed by atoms with E-state index < -0.39 is 0 Å². The number of carbonyl (C=O) groups is 2. The molecule has 0 aromatic heterocycles. The molecule has 0 unspecified atom stereocenters. The molecule has 1 aliphatic heterocycles. The number of unbranched alkanes of at least 4 members (excludes halogenated alkanes) is 1. The van der Waals surface area contributed by atoms with Gasteiger partial charge in [-0.2, -0.15) is 0 Å². The summed E-state index contributed by atoms with van der Waals surface area (Å²) in [6, 6.07) is 12.6. The summed E-state index contributed by atoms with van der Waals surface area (Å²) in [5, 5.41) is 3.04. The molecule has 0 bridgehead atoms. The number of amides is 2. The Labute approximate surface area is 189 Å². The zero-order valence-corrected chi connectivity index (χ0v) is 19.2. The van der Waals surface area contributed by atoms with E-state index in [1.54, 1.807) is 50.5 Å². The van der Waals surface area contributed by atoms with Crippen molar-refractivity contribution in [3.63, 3.8) is 0 Å². The highest BCUT2D eigenvalue weighted by molar-refractivity contribution is 5.95. The van der Waals surface area contributed by atoms with Crippen molar-refractivity contribution in [3.05, 3.63) is 53.6 Å². The zero-order valence-electron chi connectivity index (χ0n) is 19.2. The lowest BCUT2D eigenvalue weighted by molar-refractivity contribution is -0.124. The maximum Gasteiger partial charge on any atom is 0.254 e. The zero-order chi connectivity index (χ0) is 23.1. The van der Waals surface area contributed by atoms with Crippen LogP contribution in [0.15, 0.2) is 42.5 Å². The van der Waals surface area contributed by atoms with Crippen LogP contribution in [0.1, 0.15) is 41.6 Å². The molecule has 0 saturated carbocycles. The number of likely N-dealkylation sites (tertiary alicyclic amines) is 1. The summed E-state index contributed by atoms with van der Waals surface area (Å²) in [5.41, 5.74) is 1.40. The van der Waals surface area contributed by atoms with Crippen LogP contribution in [0.3, 0.4) is 0 Å². The molecule has 2 aromatic carbocycles. The Morgan fingerprint density at radius 3 is 2.44 bits per heavy atom. The summed E-state index contributed by atoms with van der Waals surface area (Å²) in [7, 11) is 4.78. The van der Waals surface area contributed by atoms with Crippen LogP contribution in [-0.4, -0.2) is 57.7 Å². The molecule has 1 N–H and O–H groups in total. The summed E-state index contributed by atoms with van der Waals surface area (Å²) >= 11 is 0. The van der Waals surface area contributed by atoms with Crippen LogP contribution >= 0.6 is 0 Å². The predicted molar refractivity (Wildman–Crippen MR) is 123 cm³/mol. The Hall–Kier alpha value is -3.22. The Bertz CT molecular complexity index is 946. The van der Waals surface area contributed by atoms with Gasteiger partial charge >= 0.3 is 0 Å². The Morgan fingerprint density at radius 1 is 1.00 bits per heavy atom. The number of methoxy groups -OCH3 is 3. The van der Waals surface area contributed by atoms with Gasteiger partial charge in [0.15, 0.2) is 0 Å². The van der Waals surface area contributed by atoms with Crippen LogP contribution in [0.5, 0.6) is 17.2 Å². The third-order valence-corrected chi connectivity index (χ3v) is 5.93. The molecule has 0 radical (unpaired) electrons. The van der Waals surface area contributed by atoms with Crippen molar-refractivity contribution in [1.29, 1.82) is 0 Å². The lowest BCUT2D eigenvalue weighted by Gasteiger charge is -2.21. The Kier molecular flexibility index (Phi) is 7.98. The van der Waals surface area contributed by atoms with Gasteiger partial charge in [0.05, 0.1) is 27.2 Å². The van der Waals surface area contributed by atoms with Crippen LogP contribution in [0.4, 0.5) is 0 Å². The highest BCUT2D eigenvalue weighted by Gasteiger charge is 2.41. The Morgan fingerprint density at radius 2 is 1.75 bits per heavy atom. The number of benzene rings is 2. The van der Waals surface area contributed by atoms with Crippen molar-refractivity contribution in [2.45, 2.75) is 25.7 Å². The van der Waals surface area contributed by atoms with Crippen LogP contribution in [0.25, 0.3) is 0 Å². The summed E-state index contributed by atoms with van der Waals surface area (Å²) < 4.78 is 16.3. The summed E-state index contributed by atoms with van der Waals surface area (Å²) in [6.07, 6.45) is 1.91. The molecule has 1 heterocycles. The van der Waals surface area contributed by atoms with Crippen molar-refractivity contribution in [2.75, 3.05) is 41.0 Å². The first-order valence-electron chi connectivity index (χ1n) is 10.9. The molecule has 7 nitrogen and oxygen atoms in total. The largest absolute Gasteiger partial charge is 0.497 e. The molecule has 0 spiro atoms. The minimum Gasteiger partial charge on any atom is -0.497 e. The first kappa shape index (κ1) is 23.4. The van der Waals surface area contributed by atoms with E-state index in [0.717, 1.165) is 18.4 Å². The average Bonchev–Trinajstić information content (AvgIpc) is 3.28. The minimum absolute atomic E-state index is 0.0470. The maximum absolute atomic E-state index is 13.3. The van der Waals surface area contributed by atoms with Crippen molar-refractivity contribution < 1.29 is 23.8 Å². The fourth-order valence-corrected chi connectivity index (χ4v) is 4.14. The second kappa shape index (κ2) is 10.9. The number of nitrogens with one attached hydrogen (secondary N) is 1. The van der Waals surface area contributed by atoms with Crippen LogP contribution in [0, 0.1) is 5.92 Å². The topological polar surface area (TPSA) is 77.1 Å². The lowest BCUT2D eigenvalue weighted by atomic mass is 9.87. The normalized spacial score (nSPS) is 17.7. The molecule has 2 amide bonds. The molecule has 1 aliphatic rings. The van der Waals surface area contributed by atoms with Gasteiger partial charge in [0.1, 0.15) is 17.2 Å². The molecule has 1 saturated heterocycles. The third-order valence-electron chi connectivity index (χ3n) is 5.93. The monoisotopic (exact) mass is 440 g/mol. The predicted octanol–water partition coefficient (Wildman–Crippen LogP) is 3.48. The van der Waals surface area contributed by atoms with Crippen LogP contribution in [0.2, 0.25) is 0 Å². The summed E-state index contributed by atoms with van der Waals surface area (Å²) in [6.45, 7) is 3.45. The van der Waals surface area contributed by atoms with Crippen molar-refractivity contribution in [2.24, 2.45) is 5.92 Å². The number of hydrogen-bond donors (Lipinski definition) is 1. The van der Waals surface area contributed by atoms with Gasteiger partial charge < -0.3 is 24.4 Å².